The van der Waals surface area contributed by atoms with Crippen molar-refractivity contribution in [1.29, 1.82) is 0 Å². The smallest absolute Gasteiger partial charge is 0.225 e. The van der Waals surface area contributed by atoms with Crippen LogP contribution in [-0.2, 0) is 12.8 Å². The van der Waals surface area contributed by atoms with Gasteiger partial charge >= 0.3 is 0 Å². The van der Waals surface area contributed by atoms with Gasteiger partial charge in [-0.2, -0.15) is 0 Å². The van der Waals surface area contributed by atoms with Crippen LogP contribution in [0, 0.1) is 0 Å². The summed E-state index contributed by atoms with van der Waals surface area (Å²) in [5.41, 5.74) is 11.2. The van der Waals surface area contributed by atoms with Crippen molar-refractivity contribution in [2.45, 2.75) is 31.4 Å². The first kappa shape index (κ1) is 18.4. The fraction of sp³-hybridized carbons (Fsp3) is 0.208. The molecule has 1 aromatic heterocycles. The van der Waals surface area contributed by atoms with Gasteiger partial charge < -0.3 is 15.3 Å². The maximum atomic E-state index is 10.6. The Bertz CT molecular complexity index is 1030. The molecule has 2 atom stereocenters. The number of aryl methyl sites for hydroxylation is 1. The second-order valence-electron chi connectivity index (χ2n) is 7.15. The Kier molecular flexibility index (Phi) is 5.51. The van der Waals surface area contributed by atoms with Crippen molar-refractivity contribution in [3.05, 3.63) is 101 Å². The molecule has 0 spiro atoms. The summed E-state index contributed by atoms with van der Waals surface area (Å²) in [6.45, 7) is 0. The van der Waals surface area contributed by atoms with Crippen LogP contribution in [0.3, 0.4) is 0 Å². The molecule has 0 aliphatic carbocycles. The van der Waals surface area contributed by atoms with Crippen LogP contribution in [0.15, 0.2) is 83.3 Å². The van der Waals surface area contributed by atoms with Gasteiger partial charge in [-0.05, 0) is 48.1 Å². The summed E-state index contributed by atoms with van der Waals surface area (Å²) in [6.07, 6.45) is 1.37. The molecule has 0 radical (unpaired) electrons. The van der Waals surface area contributed by atoms with E-state index in [1.807, 2.05) is 54.6 Å². The average molecular weight is 372 g/mol. The molecule has 0 bridgehead atoms. The normalized spacial score (nSPS) is 13.5. The zero-order chi connectivity index (χ0) is 19.3. The molecule has 0 fully saturated rings. The Morgan fingerprint density at radius 3 is 2.25 bits per heavy atom. The first-order valence-corrected chi connectivity index (χ1v) is 9.60. The zero-order valence-corrected chi connectivity index (χ0v) is 15.7. The minimum Gasteiger partial charge on any atom is -0.438 e. The van der Waals surface area contributed by atoms with E-state index in [1.165, 1.54) is 11.1 Å². The van der Waals surface area contributed by atoms with Gasteiger partial charge in [-0.3, -0.25) is 0 Å². The van der Waals surface area contributed by atoms with Crippen molar-refractivity contribution >= 4 is 11.1 Å². The number of nitrogens with two attached hydrogens (primary N) is 1. The van der Waals surface area contributed by atoms with Crippen molar-refractivity contribution in [3.8, 4) is 0 Å². The molecule has 1 unspecified atom stereocenters. The molecule has 3 N–H and O–H groups in total. The van der Waals surface area contributed by atoms with E-state index in [2.05, 4.69) is 29.2 Å². The third-order valence-electron chi connectivity index (χ3n) is 4.99. The average Bonchev–Trinajstić information content (AvgIpc) is 3.16. The van der Waals surface area contributed by atoms with Crippen LogP contribution in [0.5, 0.6) is 0 Å². The predicted molar refractivity (Wildman–Crippen MR) is 111 cm³/mol. The number of rotatable bonds is 7. The highest BCUT2D eigenvalue weighted by atomic mass is 16.4. The monoisotopic (exact) mass is 372 g/mol. The second kappa shape index (κ2) is 8.38. The number of fused-ring (bicyclic) bond motifs is 1. The van der Waals surface area contributed by atoms with Crippen molar-refractivity contribution in [2.24, 2.45) is 5.73 Å². The fourth-order valence-electron chi connectivity index (χ4n) is 3.38. The number of benzene rings is 3. The molecule has 3 aromatic carbocycles. The van der Waals surface area contributed by atoms with E-state index in [0.717, 1.165) is 23.9 Å². The lowest BCUT2D eigenvalue weighted by Crippen LogP contribution is -2.29. The highest BCUT2D eigenvalue weighted by Gasteiger charge is 2.22. The van der Waals surface area contributed by atoms with Crippen LogP contribution in [0.2, 0.25) is 0 Å². The van der Waals surface area contributed by atoms with Crippen LogP contribution in [0.4, 0.5) is 0 Å². The Morgan fingerprint density at radius 2 is 1.54 bits per heavy atom. The van der Waals surface area contributed by atoms with Gasteiger partial charge in [0.1, 0.15) is 11.6 Å². The summed E-state index contributed by atoms with van der Waals surface area (Å²) in [7, 11) is 0. The van der Waals surface area contributed by atoms with E-state index in [9.17, 15) is 5.11 Å². The summed E-state index contributed by atoms with van der Waals surface area (Å²) >= 11 is 0. The second-order valence-corrected chi connectivity index (χ2v) is 7.15. The summed E-state index contributed by atoms with van der Waals surface area (Å²) in [6, 6.07) is 25.9. The van der Waals surface area contributed by atoms with Gasteiger partial charge in [0, 0.05) is 6.04 Å². The number of aliphatic hydroxyl groups excluding tert-OH is 1. The highest BCUT2D eigenvalue weighted by Crippen LogP contribution is 2.25. The Labute approximate surface area is 164 Å². The van der Waals surface area contributed by atoms with Gasteiger partial charge in [-0.1, -0.05) is 66.7 Å². The topological polar surface area (TPSA) is 72.3 Å². The molecule has 28 heavy (non-hydrogen) atoms. The maximum Gasteiger partial charge on any atom is 0.225 e. The zero-order valence-electron chi connectivity index (χ0n) is 15.7. The molecule has 4 heteroatoms. The molecular weight excluding hydrogens is 348 g/mol. The molecular formula is C24H24N2O2. The highest BCUT2D eigenvalue weighted by molar-refractivity contribution is 5.73. The number of aliphatic hydroxyl groups is 1. The lowest BCUT2D eigenvalue weighted by atomic mass is 10.0. The van der Waals surface area contributed by atoms with Gasteiger partial charge in [-0.25, -0.2) is 4.98 Å². The number of hydrogen-bond donors (Lipinski definition) is 2. The third-order valence-corrected chi connectivity index (χ3v) is 4.99. The lowest BCUT2D eigenvalue weighted by molar-refractivity contribution is 0.114. The maximum absolute atomic E-state index is 10.6. The van der Waals surface area contributed by atoms with Crippen molar-refractivity contribution in [1.82, 2.24) is 4.98 Å². The van der Waals surface area contributed by atoms with Crippen LogP contribution in [-0.4, -0.2) is 16.1 Å². The molecule has 0 saturated carbocycles. The van der Waals surface area contributed by atoms with Gasteiger partial charge in [0.05, 0.1) is 0 Å². The lowest BCUT2D eigenvalue weighted by Gasteiger charge is -2.15. The number of aromatic nitrogens is 1. The van der Waals surface area contributed by atoms with E-state index in [0.29, 0.717) is 12.0 Å². The number of hydrogen-bond acceptors (Lipinski definition) is 4. The molecule has 4 aromatic rings. The van der Waals surface area contributed by atoms with E-state index < -0.39 is 12.1 Å². The van der Waals surface area contributed by atoms with Crippen LogP contribution in [0.25, 0.3) is 11.1 Å². The fourth-order valence-corrected chi connectivity index (χ4v) is 3.38. The Morgan fingerprint density at radius 1 is 0.857 bits per heavy atom. The quantitative estimate of drug-likeness (QED) is 0.504. The van der Waals surface area contributed by atoms with E-state index >= 15 is 0 Å². The third kappa shape index (κ3) is 4.30. The molecule has 0 aliphatic rings. The van der Waals surface area contributed by atoms with Crippen molar-refractivity contribution in [2.75, 3.05) is 0 Å². The van der Waals surface area contributed by atoms with Crippen LogP contribution < -0.4 is 5.73 Å². The molecule has 0 saturated heterocycles. The first-order chi connectivity index (χ1) is 13.7. The summed E-state index contributed by atoms with van der Waals surface area (Å²) in [5, 5.41) is 10.6. The van der Waals surface area contributed by atoms with Crippen molar-refractivity contribution < 1.29 is 9.52 Å². The van der Waals surface area contributed by atoms with Crippen LogP contribution >= 0.6 is 0 Å². The number of nitrogens with zero attached hydrogens (tertiary/aromatic N) is 1. The number of oxazole rings is 1. The summed E-state index contributed by atoms with van der Waals surface area (Å²) in [5.74, 6) is 0.285. The molecule has 0 aliphatic heterocycles. The summed E-state index contributed by atoms with van der Waals surface area (Å²) in [4.78, 5) is 4.49. The molecule has 142 valence electrons. The molecule has 4 rings (SSSR count). The Balaban J connectivity index is 1.45. The van der Waals surface area contributed by atoms with Gasteiger partial charge in [0.15, 0.2) is 5.58 Å². The minimum absolute atomic E-state index is 0.285. The van der Waals surface area contributed by atoms with Crippen LogP contribution in [0.1, 0.15) is 35.1 Å². The van der Waals surface area contributed by atoms with E-state index in [-0.39, 0.29) is 5.89 Å². The Hall–Kier alpha value is -2.95. The molecule has 4 nitrogen and oxygen atoms in total. The minimum atomic E-state index is -0.923. The van der Waals surface area contributed by atoms with Gasteiger partial charge in [-0.15, -0.1) is 0 Å². The largest absolute Gasteiger partial charge is 0.438 e. The van der Waals surface area contributed by atoms with Crippen molar-refractivity contribution in [3.63, 3.8) is 0 Å². The van der Waals surface area contributed by atoms with Gasteiger partial charge in [0.2, 0.25) is 5.89 Å². The molecule has 1 heterocycles. The molecule has 0 amide bonds. The van der Waals surface area contributed by atoms with E-state index in [4.69, 9.17) is 10.2 Å². The first-order valence-electron chi connectivity index (χ1n) is 9.60. The predicted octanol–water partition coefficient (Wildman–Crippen LogP) is 4.41. The summed E-state index contributed by atoms with van der Waals surface area (Å²) < 4.78 is 5.77. The SMILES string of the molecule is N[C@H](CCc1ccccc1)C(O)c1nc2cc(Cc3ccccc3)ccc2o1. The van der Waals surface area contributed by atoms with E-state index in [1.54, 1.807) is 0 Å². The van der Waals surface area contributed by atoms with Gasteiger partial charge in [0.25, 0.3) is 0 Å². The standard InChI is InChI=1S/C24H24N2O2/c25-20(13-11-17-7-3-1-4-8-17)23(27)24-26-21-16-19(12-14-22(21)28-24)15-18-9-5-2-6-10-18/h1-10,12,14,16,20,23,27H,11,13,15,25H2/t20-,23?/m1/s1.